The van der Waals surface area contributed by atoms with Crippen molar-refractivity contribution in [2.75, 3.05) is 46.3 Å². The molecule has 124 valence electrons. The molecule has 1 aromatic carbocycles. The van der Waals surface area contributed by atoms with Crippen molar-refractivity contribution in [2.45, 2.75) is 19.3 Å². The fraction of sp³-hybridized carbons (Fsp3) is 0.588. The zero-order chi connectivity index (χ0) is 14.9. The lowest BCUT2D eigenvalue weighted by Gasteiger charge is -2.22. The van der Waals surface area contributed by atoms with Crippen molar-refractivity contribution in [3.05, 3.63) is 35.9 Å². The number of rotatable bonds is 6. The van der Waals surface area contributed by atoms with Gasteiger partial charge in [0.15, 0.2) is 0 Å². The summed E-state index contributed by atoms with van der Waals surface area (Å²) in [5.74, 6) is 0.226. The summed E-state index contributed by atoms with van der Waals surface area (Å²) >= 11 is 0. The van der Waals surface area contributed by atoms with Crippen LogP contribution in [0.25, 0.3) is 0 Å². The minimum atomic E-state index is 0. The number of halogens is 1. The molecule has 0 unspecified atom stereocenters. The molecule has 1 fully saturated rings. The van der Waals surface area contributed by atoms with E-state index in [-0.39, 0.29) is 18.3 Å². The lowest BCUT2D eigenvalue weighted by molar-refractivity contribution is -0.130. The standard InChI is InChI=1S/C17H27N3O.ClH/c1-18-15-17(21)20-12-6-11-19(13-14-20)10-5-9-16-7-3-2-4-8-16;/h2-4,7-8,18H,5-6,9-15H2,1H3;1H. The Morgan fingerprint density at radius 3 is 2.64 bits per heavy atom. The van der Waals surface area contributed by atoms with Crippen LogP contribution in [0.15, 0.2) is 30.3 Å². The topological polar surface area (TPSA) is 35.6 Å². The average Bonchev–Trinajstić information content (AvgIpc) is 2.74. The summed E-state index contributed by atoms with van der Waals surface area (Å²) in [6, 6.07) is 10.7. The third-order valence-corrected chi connectivity index (χ3v) is 4.05. The maximum absolute atomic E-state index is 11.9. The first-order valence-corrected chi connectivity index (χ1v) is 7.98. The SMILES string of the molecule is CNCC(=O)N1CCCN(CCCc2ccccc2)CC1.Cl. The van der Waals surface area contributed by atoms with Crippen molar-refractivity contribution < 1.29 is 4.79 Å². The molecular weight excluding hydrogens is 298 g/mol. The normalized spacial score (nSPS) is 16.0. The molecule has 5 heteroatoms. The summed E-state index contributed by atoms with van der Waals surface area (Å²) in [5.41, 5.74) is 1.41. The van der Waals surface area contributed by atoms with Crippen molar-refractivity contribution in [1.82, 2.24) is 15.1 Å². The first-order valence-electron chi connectivity index (χ1n) is 7.98. The maximum atomic E-state index is 11.9. The second-order valence-corrected chi connectivity index (χ2v) is 5.70. The molecular formula is C17H28ClN3O. The second kappa shape index (κ2) is 10.6. The number of nitrogens with zero attached hydrogens (tertiary/aromatic N) is 2. The molecule has 0 spiro atoms. The van der Waals surface area contributed by atoms with Gasteiger partial charge in [-0.25, -0.2) is 0 Å². The number of likely N-dealkylation sites (N-methyl/N-ethyl adjacent to an activating group) is 1. The van der Waals surface area contributed by atoms with Crippen LogP contribution in [0, 0.1) is 0 Å². The maximum Gasteiger partial charge on any atom is 0.236 e. The van der Waals surface area contributed by atoms with Gasteiger partial charge in [-0.1, -0.05) is 30.3 Å². The van der Waals surface area contributed by atoms with Gasteiger partial charge in [0.2, 0.25) is 5.91 Å². The van der Waals surface area contributed by atoms with E-state index >= 15 is 0 Å². The van der Waals surface area contributed by atoms with Gasteiger partial charge < -0.3 is 15.1 Å². The van der Waals surface area contributed by atoms with Gasteiger partial charge in [-0.05, 0) is 45.0 Å². The Kier molecular flexibility index (Phi) is 9.13. The van der Waals surface area contributed by atoms with Crippen LogP contribution >= 0.6 is 12.4 Å². The smallest absolute Gasteiger partial charge is 0.236 e. The van der Waals surface area contributed by atoms with Gasteiger partial charge in [-0.2, -0.15) is 0 Å². The number of hydrogen-bond donors (Lipinski definition) is 1. The molecule has 1 amide bonds. The number of amides is 1. The highest BCUT2D eigenvalue weighted by atomic mass is 35.5. The van der Waals surface area contributed by atoms with Crippen molar-refractivity contribution in [3.63, 3.8) is 0 Å². The Morgan fingerprint density at radius 1 is 1.14 bits per heavy atom. The molecule has 0 saturated carbocycles. The zero-order valence-corrected chi connectivity index (χ0v) is 14.3. The van der Waals surface area contributed by atoms with Crippen LogP contribution < -0.4 is 5.32 Å². The highest BCUT2D eigenvalue weighted by Gasteiger charge is 2.17. The molecule has 0 aromatic heterocycles. The van der Waals surface area contributed by atoms with Crippen LogP contribution in [-0.2, 0) is 11.2 Å². The predicted molar refractivity (Wildman–Crippen MR) is 93.6 cm³/mol. The molecule has 0 bridgehead atoms. The molecule has 1 saturated heterocycles. The summed E-state index contributed by atoms with van der Waals surface area (Å²) in [4.78, 5) is 16.4. The molecule has 22 heavy (non-hydrogen) atoms. The Morgan fingerprint density at radius 2 is 1.91 bits per heavy atom. The highest BCUT2D eigenvalue weighted by molar-refractivity contribution is 5.85. The second-order valence-electron chi connectivity index (χ2n) is 5.70. The average molecular weight is 326 g/mol. The van der Waals surface area contributed by atoms with Crippen LogP contribution in [0.4, 0.5) is 0 Å². The van der Waals surface area contributed by atoms with E-state index in [0.29, 0.717) is 6.54 Å². The lowest BCUT2D eigenvalue weighted by Crippen LogP contribution is -2.39. The van der Waals surface area contributed by atoms with E-state index in [0.717, 1.165) is 45.6 Å². The third kappa shape index (κ3) is 6.34. The Hall–Kier alpha value is -1.10. The fourth-order valence-electron chi connectivity index (χ4n) is 2.86. The van der Waals surface area contributed by atoms with Gasteiger partial charge in [0.05, 0.1) is 6.54 Å². The summed E-state index contributed by atoms with van der Waals surface area (Å²) in [5, 5.41) is 2.94. The van der Waals surface area contributed by atoms with Crippen LogP contribution in [-0.4, -0.2) is 62.0 Å². The number of nitrogens with one attached hydrogen (secondary N) is 1. The minimum Gasteiger partial charge on any atom is -0.340 e. The van der Waals surface area contributed by atoms with Crippen LogP contribution in [0.1, 0.15) is 18.4 Å². The summed E-state index contributed by atoms with van der Waals surface area (Å²) in [6.45, 7) is 5.46. The molecule has 0 radical (unpaired) electrons. The van der Waals surface area contributed by atoms with E-state index in [1.165, 1.54) is 12.0 Å². The summed E-state index contributed by atoms with van der Waals surface area (Å²) in [6.07, 6.45) is 3.41. The molecule has 1 heterocycles. The van der Waals surface area contributed by atoms with Gasteiger partial charge in [0.25, 0.3) is 0 Å². The third-order valence-electron chi connectivity index (χ3n) is 4.05. The molecule has 0 atom stereocenters. The van der Waals surface area contributed by atoms with Crippen LogP contribution in [0.5, 0.6) is 0 Å². The first-order chi connectivity index (χ1) is 10.3. The quantitative estimate of drug-likeness (QED) is 0.866. The van der Waals surface area contributed by atoms with Gasteiger partial charge in [0.1, 0.15) is 0 Å². The number of benzene rings is 1. The lowest BCUT2D eigenvalue weighted by atomic mass is 10.1. The fourth-order valence-corrected chi connectivity index (χ4v) is 2.86. The van der Waals surface area contributed by atoms with Crippen LogP contribution in [0.3, 0.4) is 0 Å². The summed E-state index contributed by atoms with van der Waals surface area (Å²) in [7, 11) is 1.83. The van der Waals surface area contributed by atoms with Gasteiger partial charge in [0, 0.05) is 19.6 Å². The van der Waals surface area contributed by atoms with E-state index in [1.54, 1.807) is 0 Å². The first kappa shape index (κ1) is 18.9. The Bertz CT molecular complexity index is 427. The number of carbonyl (C=O) groups excluding carboxylic acids is 1. The van der Waals surface area contributed by atoms with E-state index in [2.05, 4.69) is 40.5 Å². The van der Waals surface area contributed by atoms with Gasteiger partial charge in [-0.3, -0.25) is 4.79 Å². The van der Waals surface area contributed by atoms with E-state index in [9.17, 15) is 4.79 Å². The zero-order valence-electron chi connectivity index (χ0n) is 13.5. The summed E-state index contributed by atoms with van der Waals surface area (Å²) < 4.78 is 0. The van der Waals surface area contributed by atoms with Gasteiger partial charge >= 0.3 is 0 Å². The Balaban J connectivity index is 0.00000242. The number of aryl methyl sites for hydroxylation is 1. The van der Waals surface area contributed by atoms with Crippen molar-refractivity contribution in [3.8, 4) is 0 Å². The number of carbonyl (C=O) groups is 1. The molecule has 1 aliphatic rings. The monoisotopic (exact) mass is 325 g/mol. The largest absolute Gasteiger partial charge is 0.340 e. The predicted octanol–water partition coefficient (Wildman–Crippen LogP) is 1.79. The molecule has 1 N–H and O–H groups in total. The van der Waals surface area contributed by atoms with Gasteiger partial charge in [-0.15, -0.1) is 12.4 Å². The van der Waals surface area contributed by atoms with E-state index in [1.807, 2.05) is 11.9 Å². The van der Waals surface area contributed by atoms with Crippen LogP contribution in [0.2, 0.25) is 0 Å². The molecule has 1 aliphatic heterocycles. The van der Waals surface area contributed by atoms with E-state index in [4.69, 9.17) is 0 Å². The highest BCUT2D eigenvalue weighted by Crippen LogP contribution is 2.07. The molecule has 2 rings (SSSR count). The Labute approximate surface area is 140 Å². The van der Waals surface area contributed by atoms with Crippen molar-refractivity contribution in [2.24, 2.45) is 0 Å². The number of hydrogen-bond acceptors (Lipinski definition) is 3. The molecule has 1 aromatic rings. The molecule has 0 aliphatic carbocycles. The minimum absolute atomic E-state index is 0. The van der Waals surface area contributed by atoms with Crippen molar-refractivity contribution in [1.29, 1.82) is 0 Å². The molecule has 4 nitrogen and oxygen atoms in total. The van der Waals surface area contributed by atoms with Crippen molar-refractivity contribution >= 4 is 18.3 Å². The van der Waals surface area contributed by atoms with E-state index < -0.39 is 0 Å².